The lowest BCUT2D eigenvalue weighted by Crippen LogP contribution is -2.36. The molecule has 6 heteroatoms. The molecule has 2 amide bonds. The minimum atomic E-state index is -0.274. The summed E-state index contributed by atoms with van der Waals surface area (Å²) in [4.78, 5) is 24.3. The van der Waals surface area contributed by atoms with Crippen LogP contribution in [0.5, 0.6) is 0 Å². The van der Waals surface area contributed by atoms with Crippen molar-refractivity contribution in [2.75, 3.05) is 32.6 Å². The molecule has 0 bridgehead atoms. The number of nitrogens with one attached hydrogen (secondary N) is 1. The standard InChI is InChI=1S/C12H15ClN2O3/c1-15(12(17)8-18-2)7-11(16)14-10-5-3-9(13)4-6-10/h3-6H,7-8H2,1-2H3,(H,14,16). The molecule has 0 aromatic heterocycles. The highest BCUT2D eigenvalue weighted by atomic mass is 35.5. The summed E-state index contributed by atoms with van der Waals surface area (Å²) in [5.74, 6) is -0.520. The number of likely N-dealkylation sites (N-methyl/N-ethyl adjacent to an activating group) is 1. The Hall–Kier alpha value is -1.59. The SMILES string of the molecule is COCC(=O)N(C)CC(=O)Nc1ccc(Cl)cc1. The molecule has 0 atom stereocenters. The molecule has 0 fully saturated rings. The Morgan fingerprint density at radius 3 is 2.50 bits per heavy atom. The van der Waals surface area contributed by atoms with Crippen molar-refractivity contribution in [1.82, 2.24) is 4.90 Å². The molecule has 0 spiro atoms. The van der Waals surface area contributed by atoms with Gasteiger partial charge in [0.2, 0.25) is 11.8 Å². The Labute approximate surface area is 111 Å². The maximum Gasteiger partial charge on any atom is 0.248 e. The zero-order valence-corrected chi connectivity index (χ0v) is 11.0. The molecule has 0 radical (unpaired) electrons. The van der Waals surface area contributed by atoms with E-state index in [1.165, 1.54) is 12.0 Å². The minimum Gasteiger partial charge on any atom is -0.375 e. The maximum absolute atomic E-state index is 11.6. The molecule has 1 aromatic rings. The fourth-order valence-electron chi connectivity index (χ4n) is 1.27. The third-order valence-corrected chi connectivity index (χ3v) is 2.45. The van der Waals surface area contributed by atoms with Crippen LogP contribution < -0.4 is 5.32 Å². The van der Waals surface area contributed by atoms with E-state index in [-0.39, 0.29) is 25.0 Å². The first-order chi connectivity index (χ1) is 8.52. The Balaban J connectivity index is 2.46. The molecule has 0 saturated heterocycles. The third kappa shape index (κ3) is 4.73. The van der Waals surface area contributed by atoms with E-state index in [9.17, 15) is 9.59 Å². The number of hydrogen-bond acceptors (Lipinski definition) is 3. The number of methoxy groups -OCH3 is 1. The first kappa shape index (κ1) is 14.5. The van der Waals surface area contributed by atoms with Gasteiger partial charge >= 0.3 is 0 Å². The van der Waals surface area contributed by atoms with Crippen LogP contribution in [-0.2, 0) is 14.3 Å². The zero-order chi connectivity index (χ0) is 13.5. The van der Waals surface area contributed by atoms with Crippen molar-refractivity contribution in [2.45, 2.75) is 0 Å². The van der Waals surface area contributed by atoms with Crippen molar-refractivity contribution in [3.63, 3.8) is 0 Å². The third-order valence-electron chi connectivity index (χ3n) is 2.20. The lowest BCUT2D eigenvalue weighted by Gasteiger charge is -2.16. The predicted octanol–water partition coefficient (Wildman–Crippen LogP) is 1.38. The second-order valence-corrected chi connectivity index (χ2v) is 4.17. The lowest BCUT2D eigenvalue weighted by molar-refractivity contribution is -0.136. The summed E-state index contributed by atoms with van der Waals surface area (Å²) in [6, 6.07) is 6.74. The number of hydrogen-bond donors (Lipinski definition) is 1. The second kappa shape index (κ2) is 6.98. The fraction of sp³-hybridized carbons (Fsp3) is 0.333. The van der Waals surface area contributed by atoms with E-state index in [2.05, 4.69) is 5.32 Å². The van der Waals surface area contributed by atoms with Crippen LogP contribution in [0, 0.1) is 0 Å². The van der Waals surface area contributed by atoms with Crippen LogP contribution in [0.15, 0.2) is 24.3 Å². The van der Waals surface area contributed by atoms with Crippen LogP contribution in [0.2, 0.25) is 5.02 Å². The molecule has 1 aromatic carbocycles. The summed E-state index contributed by atoms with van der Waals surface area (Å²) in [5, 5.41) is 3.26. The number of ether oxygens (including phenoxy) is 1. The molecule has 0 aliphatic heterocycles. The molecule has 0 heterocycles. The molecule has 1 N–H and O–H groups in total. The summed E-state index contributed by atoms with van der Waals surface area (Å²) in [6.45, 7) is -0.0600. The van der Waals surface area contributed by atoms with Gasteiger partial charge in [0.05, 0.1) is 6.54 Å². The Morgan fingerprint density at radius 1 is 1.33 bits per heavy atom. The average molecular weight is 271 g/mol. The number of rotatable bonds is 5. The van der Waals surface area contributed by atoms with Crippen molar-refractivity contribution >= 4 is 29.1 Å². The normalized spacial score (nSPS) is 9.94. The van der Waals surface area contributed by atoms with E-state index >= 15 is 0 Å². The van der Waals surface area contributed by atoms with E-state index in [1.54, 1.807) is 31.3 Å². The van der Waals surface area contributed by atoms with Crippen molar-refractivity contribution in [2.24, 2.45) is 0 Å². The molecule has 1 rings (SSSR count). The second-order valence-electron chi connectivity index (χ2n) is 3.74. The number of anilines is 1. The highest BCUT2D eigenvalue weighted by molar-refractivity contribution is 6.30. The minimum absolute atomic E-state index is 0.0230. The van der Waals surface area contributed by atoms with Gasteiger partial charge in [-0.2, -0.15) is 0 Å². The summed E-state index contributed by atoms with van der Waals surface area (Å²) in [5.41, 5.74) is 0.636. The van der Waals surface area contributed by atoms with Gasteiger partial charge < -0.3 is 15.0 Å². The van der Waals surface area contributed by atoms with Gasteiger partial charge in [-0.15, -0.1) is 0 Å². The molecular weight excluding hydrogens is 256 g/mol. The number of benzene rings is 1. The van der Waals surface area contributed by atoms with Crippen LogP contribution in [-0.4, -0.2) is 44.0 Å². The highest BCUT2D eigenvalue weighted by Crippen LogP contribution is 2.13. The van der Waals surface area contributed by atoms with Gasteiger partial charge in [-0.1, -0.05) is 11.6 Å². The van der Waals surface area contributed by atoms with Gasteiger partial charge in [-0.05, 0) is 24.3 Å². The number of carbonyl (C=O) groups excluding carboxylic acids is 2. The molecule has 0 aliphatic rings. The number of halogens is 1. The van der Waals surface area contributed by atoms with E-state index < -0.39 is 0 Å². The quantitative estimate of drug-likeness (QED) is 0.879. The Morgan fingerprint density at radius 2 is 1.94 bits per heavy atom. The van der Waals surface area contributed by atoms with Crippen molar-refractivity contribution in [1.29, 1.82) is 0 Å². The monoisotopic (exact) mass is 270 g/mol. The van der Waals surface area contributed by atoms with E-state index in [1.807, 2.05) is 0 Å². The zero-order valence-electron chi connectivity index (χ0n) is 10.3. The maximum atomic E-state index is 11.6. The van der Waals surface area contributed by atoms with E-state index in [4.69, 9.17) is 16.3 Å². The topological polar surface area (TPSA) is 58.6 Å². The molecular formula is C12H15ClN2O3. The van der Waals surface area contributed by atoms with Crippen molar-refractivity contribution in [3.8, 4) is 0 Å². The van der Waals surface area contributed by atoms with Crippen molar-refractivity contribution < 1.29 is 14.3 Å². The van der Waals surface area contributed by atoms with Gasteiger partial charge in [-0.25, -0.2) is 0 Å². The molecule has 5 nitrogen and oxygen atoms in total. The molecule has 0 aliphatic carbocycles. The van der Waals surface area contributed by atoms with Gasteiger partial charge in [0.15, 0.2) is 0 Å². The first-order valence-electron chi connectivity index (χ1n) is 5.31. The van der Waals surface area contributed by atoms with Gasteiger partial charge in [0.25, 0.3) is 0 Å². The average Bonchev–Trinajstić information content (AvgIpc) is 2.32. The summed E-state index contributed by atoms with van der Waals surface area (Å²) < 4.78 is 4.70. The number of carbonyl (C=O) groups is 2. The number of nitrogens with zero attached hydrogens (tertiary/aromatic N) is 1. The van der Waals surface area contributed by atoms with Gasteiger partial charge in [0, 0.05) is 24.9 Å². The number of amides is 2. The van der Waals surface area contributed by atoms with E-state index in [0.29, 0.717) is 10.7 Å². The largest absolute Gasteiger partial charge is 0.375 e. The Kier molecular flexibility index (Phi) is 5.61. The van der Waals surface area contributed by atoms with Crippen LogP contribution in [0.4, 0.5) is 5.69 Å². The summed E-state index contributed by atoms with van der Waals surface area (Å²) in [7, 11) is 2.97. The van der Waals surface area contributed by atoms with E-state index in [0.717, 1.165) is 0 Å². The van der Waals surface area contributed by atoms with Gasteiger partial charge in [-0.3, -0.25) is 9.59 Å². The fourth-order valence-corrected chi connectivity index (χ4v) is 1.40. The summed E-state index contributed by atoms with van der Waals surface area (Å²) in [6.07, 6.45) is 0. The van der Waals surface area contributed by atoms with Crippen LogP contribution >= 0.6 is 11.6 Å². The summed E-state index contributed by atoms with van der Waals surface area (Å²) >= 11 is 5.73. The lowest BCUT2D eigenvalue weighted by atomic mass is 10.3. The first-order valence-corrected chi connectivity index (χ1v) is 5.69. The van der Waals surface area contributed by atoms with Crippen LogP contribution in [0.25, 0.3) is 0 Å². The highest BCUT2D eigenvalue weighted by Gasteiger charge is 2.12. The molecule has 98 valence electrons. The van der Waals surface area contributed by atoms with Crippen molar-refractivity contribution in [3.05, 3.63) is 29.3 Å². The molecule has 18 heavy (non-hydrogen) atoms. The molecule has 0 saturated carbocycles. The van der Waals surface area contributed by atoms with Crippen LogP contribution in [0.3, 0.4) is 0 Å². The van der Waals surface area contributed by atoms with Gasteiger partial charge in [0.1, 0.15) is 6.61 Å². The van der Waals surface area contributed by atoms with Crippen LogP contribution in [0.1, 0.15) is 0 Å². The molecule has 0 unspecified atom stereocenters. The Bertz CT molecular complexity index is 420. The smallest absolute Gasteiger partial charge is 0.248 e. The predicted molar refractivity (Wildman–Crippen MR) is 69.6 cm³/mol.